The maximum absolute atomic E-state index is 11.1. The van der Waals surface area contributed by atoms with Gasteiger partial charge in [-0.15, -0.1) is 0 Å². The summed E-state index contributed by atoms with van der Waals surface area (Å²) in [6, 6.07) is 6.82. The molecular formula is C12H10BrClN2O2. The molecule has 18 heavy (non-hydrogen) atoms. The summed E-state index contributed by atoms with van der Waals surface area (Å²) in [5.41, 5.74) is 6.26. The van der Waals surface area contributed by atoms with Crippen LogP contribution >= 0.6 is 27.5 Å². The Bertz CT molecular complexity index is 583. The summed E-state index contributed by atoms with van der Waals surface area (Å²) < 4.78 is 6.15. The zero-order valence-electron chi connectivity index (χ0n) is 9.24. The number of benzene rings is 1. The van der Waals surface area contributed by atoms with Crippen molar-refractivity contribution in [3.05, 3.63) is 51.3 Å². The zero-order valence-corrected chi connectivity index (χ0v) is 11.6. The number of carbonyl (C=O) groups is 1. The summed E-state index contributed by atoms with van der Waals surface area (Å²) in [6.07, 6.45) is 1.60. The first-order valence-corrected chi connectivity index (χ1v) is 6.30. The lowest BCUT2D eigenvalue weighted by molar-refractivity contribution is 0.100. The van der Waals surface area contributed by atoms with E-state index in [-0.39, 0.29) is 0 Å². The van der Waals surface area contributed by atoms with Crippen LogP contribution in [0.15, 0.2) is 39.4 Å². The second kappa shape index (κ2) is 5.46. The lowest BCUT2D eigenvalue weighted by Gasteiger charge is -2.07. The lowest BCUT2D eigenvalue weighted by Crippen LogP contribution is -2.12. The molecule has 1 amide bonds. The van der Waals surface area contributed by atoms with Crippen LogP contribution in [0.4, 0.5) is 5.69 Å². The summed E-state index contributed by atoms with van der Waals surface area (Å²) in [7, 11) is 0. The predicted molar refractivity (Wildman–Crippen MR) is 73.7 cm³/mol. The van der Waals surface area contributed by atoms with Crippen LogP contribution in [0.2, 0.25) is 5.02 Å². The minimum absolute atomic E-state index is 0.292. The highest BCUT2D eigenvalue weighted by Gasteiger charge is 2.08. The van der Waals surface area contributed by atoms with Crippen LogP contribution in [0.25, 0.3) is 0 Å². The monoisotopic (exact) mass is 328 g/mol. The largest absolute Gasteiger partial charge is 0.466 e. The van der Waals surface area contributed by atoms with E-state index in [4.69, 9.17) is 21.8 Å². The van der Waals surface area contributed by atoms with Gasteiger partial charge in [0, 0.05) is 5.69 Å². The Hall–Kier alpha value is -1.46. The van der Waals surface area contributed by atoms with Gasteiger partial charge < -0.3 is 15.5 Å². The maximum atomic E-state index is 11.1. The van der Waals surface area contributed by atoms with Crippen LogP contribution in [0, 0.1) is 0 Å². The minimum Gasteiger partial charge on any atom is -0.466 e. The van der Waals surface area contributed by atoms with Crippen LogP contribution in [0.1, 0.15) is 16.1 Å². The fraction of sp³-hybridized carbons (Fsp3) is 0.0833. The van der Waals surface area contributed by atoms with Gasteiger partial charge in [-0.2, -0.15) is 0 Å². The molecule has 1 heterocycles. The van der Waals surface area contributed by atoms with Crippen LogP contribution < -0.4 is 11.1 Å². The summed E-state index contributed by atoms with van der Waals surface area (Å²) in [5.74, 6) is 0.216. The van der Waals surface area contributed by atoms with Gasteiger partial charge in [-0.05, 0) is 40.2 Å². The van der Waals surface area contributed by atoms with E-state index < -0.39 is 5.91 Å². The van der Waals surface area contributed by atoms with Crippen molar-refractivity contribution in [2.75, 3.05) is 5.32 Å². The first kappa shape index (κ1) is 13.0. The molecule has 0 fully saturated rings. The van der Waals surface area contributed by atoms with Gasteiger partial charge in [-0.1, -0.05) is 11.6 Å². The van der Waals surface area contributed by atoms with Crippen molar-refractivity contribution in [2.24, 2.45) is 5.73 Å². The molecule has 0 atom stereocenters. The van der Waals surface area contributed by atoms with E-state index in [1.807, 2.05) is 6.07 Å². The molecular weight excluding hydrogens is 320 g/mol. The van der Waals surface area contributed by atoms with Gasteiger partial charge in [0.15, 0.2) is 0 Å². The average molecular weight is 330 g/mol. The van der Waals surface area contributed by atoms with Crippen LogP contribution in [0.3, 0.4) is 0 Å². The quantitative estimate of drug-likeness (QED) is 0.903. The topological polar surface area (TPSA) is 68.3 Å². The van der Waals surface area contributed by atoms with Gasteiger partial charge in [0.2, 0.25) is 5.91 Å². The van der Waals surface area contributed by atoms with Gasteiger partial charge in [0.05, 0.1) is 27.9 Å². The van der Waals surface area contributed by atoms with Gasteiger partial charge in [0.1, 0.15) is 5.76 Å². The third-order valence-corrected chi connectivity index (χ3v) is 3.41. The van der Waals surface area contributed by atoms with E-state index >= 15 is 0 Å². The van der Waals surface area contributed by atoms with Gasteiger partial charge in [0.25, 0.3) is 0 Å². The molecule has 0 spiro atoms. The van der Waals surface area contributed by atoms with Gasteiger partial charge in [-0.25, -0.2) is 0 Å². The second-order valence-corrected chi connectivity index (χ2v) is 4.87. The molecule has 0 aliphatic carbocycles. The number of halogens is 2. The van der Waals surface area contributed by atoms with E-state index in [9.17, 15) is 4.79 Å². The van der Waals surface area contributed by atoms with Crippen LogP contribution in [-0.4, -0.2) is 5.91 Å². The smallest absolute Gasteiger partial charge is 0.250 e. The molecule has 3 N–H and O–H groups in total. The van der Waals surface area contributed by atoms with E-state index in [1.165, 1.54) is 0 Å². The normalized spacial score (nSPS) is 10.3. The summed E-state index contributed by atoms with van der Waals surface area (Å²) in [6.45, 7) is 0.493. The van der Waals surface area contributed by atoms with Crippen molar-refractivity contribution in [3.8, 4) is 0 Å². The molecule has 0 aliphatic heterocycles. The first-order valence-electron chi connectivity index (χ1n) is 5.13. The molecule has 2 aromatic rings. The molecule has 0 bridgehead atoms. The number of primary amides is 1. The molecule has 2 rings (SSSR count). The molecule has 4 nitrogen and oxygen atoms in total. The highest BCUT2D eigenvalue weighted by molar-refractivity contribution is 9.10. The van der Waals surface area contributed by atoms with Crippen LogP contribution in [0.5, 0.6) is 0 Å². The summed E-state index contributed by atoms with van der Waals surface area (Å²) in [4.78, 5) is 11.1. The molecule has 0 aliphatic rings. The van der Waals surface area contributed by atoms with E-state index in [0.29, 0.717) is 17.1 Å². The molecule has 1 aromatic heterocycles. The van der Waals surface area contributed by atoms with E-state index in [2.05, 4.69) is 21.2 Å². The molecule has 0 radical (unpaired) electrons. The van der Waals surface area contributed by atoms with Crippen LogP contribution in [-0.2, 0) is 6.54 Å². The highest BCUT2D eigenvalue weighted by atomic mass is 79.9. The van der Waals surface area contributed by atoms with Crippen molar-refractivity contribution in [2.45, 2.75) is 6.54 Å². The number of nitrogens with two attached hydrogens (primary N) is 1. The Labute approximate surface area is 117 Å². The number of hydrogen-bond donors (Lipinski definition) is 2. The number of nitrogens with one attached hydrogen (secondary N) is 1. The Morgan fingerprint density at radius 1 is 1.44 bits per heavy atom. The van der Waals surface area contributed by atoms with E-state index in [1.54, 1.807) is 24.5 Å². The lowest BCUT2D eigenvalue weighted by atomic mass is 10.2. The minimum atomic E-state index is -0.553. The van der Waals surface area contributed by atoms with Crippen molar-refractivity contribution < 1.29 is 9.21 Å². The number of hydrogen-bond acceptors (Lipinski definition) is 3. The zero-order chi connectivity index (χ0) is 13.1. The Morgan fingerprint density at radius 2 is 2.22 bits per heavy atom. The molecule has 1 aromatic carbocycles. The fourth-order valence-corrected chi connectivity index (χ4v) is 2.01. The third kappa shape index (κ3) is 2.86. The SMILES string of the molecule is NC(=O)c1cc(NCc2occc2Br)ccc1Cl. The summed E-state index contributed by atoms with van der Waals surface area (Å²) in [5, 5.41) is 3.46. The van der Waals surface area contributed by atoms with Gasteiger partial charge >= 0.3 is 0 Å². The van der Waals surface area contributed by atoms with Gasteiger partial charge in [-0.3, -0.25) is 4.79 Å². The van der Waals surface area contributed by atoms with Crippen molar-refractivity contribution in [3.63, 3.8) is 0 Å². The number of anilines is 1. The Kier molecular flexibility index (Phi) is 3.93. The number of furan rings is 1. The van der Waals surface area contributed by atoms with Crippen molar-refractivity contribution in [1.82, 2.24) is 0 Å². The molecule has 0 saturated heterocycles. The van der Waals surface area contributed by atoms with Crippen molar-refractivity contribution in [1.29, 1.82) is 0 Å². The Balaban J connectivity index is 2.13. The standard InChI is InChI=1S/C12H10BrClN2O2/c13-9-3-4-18-11(9)6-16-7-1-2-10(14)8(5-7)12(15)17/h1-5,16H,6H2,(H2,15,17). The molecule has 94 valence electrons. The maximum Gasteiger partial charge on any atom is 0.250 e. The molecule has 6 heteroatoms. The second-order valence-electron chi connectivity index (χ2n) is 3.60. The summed E-state index contributed by atoms with van der Waals surface area (Å²) >= 11 is 9.22. The van der Waals surface area contributed by atoms with Crippen molar-refractivity contribution >= 4 is 39.1 Å². The van der Waals surface area contributed by atoms with E-state index in [0.717, 1.165) is 15.9 Å². The predicted octanol–water partition coefficient (Wildman–Crippen LogP) is 3.41. The number of rotatable bonds is 4. The highest BCUT2D eigenvalue weighted by Crippen LogP contribution is 2.22. The third-order valence-electron chi connectivity index (χ3n) is 2.38. The number of carbonyl (C=O) groups excluding carboxylic acids is 1. The number of amides is 1. The Morgan fingerprint density at radius 3 is 2.83 bits per heavy atom. The first-order chi connectivity index (χ1) is 8.58. The molecule has 0 unspecified atom stereocenters. The average Bonchev–Trinajstić information content (AvgIpc) is 2.73. The fourth-order valence-electron chi connectivity index (χ4n) is 1.46. The molecule has 0 saturated carbocycles.